The predicted molar refractivity (Wildman–Crippen MR) is 48.5 cm³/mol. The molecule has 4 heteroatoms. The average molecular weight is 218 g/mol. The zero-order valence-corrected chi connectivity index (χ0v) is 8.37. The molecule has 0 bridgehead atoms. The van der Waals surface area contributed by atoms with E-state index in [0.29, 0.717) is 0 Å². The van der Waals surface area contributed by atoms with Gasteiger partial charge in [-0.1, -0.05) is 0 Å². The molecule has 0 amide bonds. The van der Waals surface area contributed by atoms with Crippen molar-refractivity contribution in [2.75, 3.05) is 20.6 Å². The maximum absolute atomic E-state index is 4.06. The van der Waals surface area contributed by atoms with Crippen molar-refractivity contribution in [2.45, 2.75) is 6.54 Å². The molecule has 1 aromatic heterocycles. The molecule has 0 unspecified atom stereocenters. The summed E-state index contributed by atoms with van der Waals surface area (Å²) < 4.78 is 2.96. The van der Waals surface area contributed by atoms with Crippen LogP contribution in [0.1, 0.15) is 0 Å². The molecule has 0 aliphatic carbocycles. The number of aromatic nitrogens is 2. The maximum atomic E-state index is 4.06. The van der Waals surface area contributed by atoms with E-state index in [9.17, 15) is 0 Å². The third kappa shape index (κ3) is 3.03. The van der Waals surface area contributed by atoms with Crippen molar-refractivity contribution in [3.05, 3.63) is 17.1 Å². The Kier molecular flexibility index (Phi) is 3.08. The summed E-state index contributed by atoms with van der Waals surface area (Å²) in [6.07, 6.45) is 3.80. The standard InChI is InChI=1S/C7H12BrN3/c1-10(2)3-4-11-5-7(8)9-6-11/h5-6H,3-4H2,1-2H3. The van der Waals surface area contributed by atoms with Crippen LogP contribution in [0.25, 0.3) is 0 Å². The lowest BCUT2D eigenvalue weighted by molar-refractivity contribution is 0.384. The molecule has 0 atom stereocenters. The van der Waals surface area contributed by atoms with Gasteiger partial charge >= 0.3 is 0 Å². The van der Waals surface area contributed by atoms with Gasteiger partial charge < -0.3 is 9.47 Å². The fraction of sp³-hybridized carbons (Fsp3) is 0.571. The summed E-state index contributed by atoms with van der Waals surface area (Å²) >= 11 is 3.29. The highest BCUT2D eigenvalue weighted by Gasteiger charge is 1.94. The zero-order valence-electron chi connectivity index (χ0n) is 6.79. The van der Waals surface area contributed by atoms with Gasteiger partial charge in [0.05, 0.1) is 6.33 Å². The third-order valence-electron chi connectivity index (χ3n) is 1.41. The van der Waals surface area contributed by atoms with Crippen LogP contribution in [0.4, 0.5) is 0 Å². The molecule has 0 aliphatic rings. The van der Waals surface area contributed by atoms with E-state index in [1.165, 1.54) is 0 Å². The van der Waals surface area contributed by atoms with Crippen molar-refractivity contribution in [2.24, 2.45) is 0 Å². The highest BCUT2D eigenvalue weighted by atomic mass is 79.9. The van der Waals surface area contributed by atoms with E-state index in [2.05, 4.69) is 44.5 Å². The number of hydrogen-bond donors (Lipinski definition) is 0. The minimum atomic E-state index is 0.899. The highest BCUT2D eigenvalue weighted by Crippen LogP contribution is 2.03. The predicted octanol–water partition coefficient (Wildman–Crippen LogP) is 1.21. The first-order chi connectivity index (χ1) is 5.18. The van der Waals surface area contributed by atoms with Gasteiger partial charge in [-0.25, -0.2) is 4.98 Å². The Labute approximate surface area is 75.2 Å². The number of rotatable bonds is 3. The summed E-state index contributed by atoms with van der Waals surface area (Å²) in [5.41, 5.74) is 0. The Morgan fingerprint density at radius 3 is 2.82 bits per heavy atom. The van der Waals surface area contributed by atoms with Crippen LogP contribution in [0.2, 0.25) is 0 Å². The molecule has 0 N–H and O–H groups in total. The van der Waals surface area contributed by atoms with Gasteiger partial charge in [0.2, 0.25) is 0 Å². The minimum Gasteiger partial charge on any atom is -0.335 e. The SMILES string of the molecule is CN(C)CCn1cnc(Br)c1. The molecule has 11 heavy (non-hydrogen) atoms. The molecule has 0 radical (unpaired) electrons. The molecule has 0 aromatic carbocycles. The fourth-order valence-corrected chi connectivity index (χ4v) is 1.13. The zero-order chi connectivity index (χ0) is 8.27. The van der Waals surface area contributed by atoms with Gasteiger partial charge in [0, 0.05) is 19.3 Å². The third-order valence-corrected chi connectivity index (χ3v) is 1.82. The quantitative estimate of drug-likeness (QED) is 0.760. The lowest BCUT2D eigenvalue weighted by Gasteiger charge is -2.08. The summed E-state index contributed by atoms with van der Waals surface area (Å²) in [4.78, 5) is 6.20. The van der Waals surface area contributed by atoms with Crippen molar-refractivity contribution < 1.29 is 0 Å². The minimum absolute atomic E-state index is 0.899. The number of imidazole rings is 1. The first-order valence-corrected chi connectivity index (χ1v) is 4.30. The Bertz CT molecular complexity index is 219. The number of hydrogen-bond acceptors (Lipinski definition) is 2. The Morgan fingerprint density at radius 1 is 1.64 bits per heavy atom. The van der Waals surface area contributed by atoms with E-state index in [4.69, 9.17) is 0 Å². The molecule has 1 heterocycles. The molecule has 1 aromatic rings. The van der Waals surface area contributed by atoms with E-state index >= 15 is 0 Å². The van der Waals surface area contributed by atoms with Crippen molar-refractivity contribution in [1.82, 2.24) is 14.5 Å². The van der Waals surface area contributed by atoms with E-state index in [-0.39, 0.29) is 0 Å². The van der Waals surface area contributed by atoms with Gasteiger partial charge in [0.25, 0.3) is 0 Å². The van der Waals surface area contributed by atoms with E-state index in [0.717, 1.165) is 17.7 Å². The first kappa shape index (κ1) is 8.74. The van der Waals surface area contributed by atoms with Crippen LogP contribution in [-0.4, -0.2) is 35.1 Å². The monoisotopic (exact) mass is 217 g/mol. The molecule has 62 valence electrons. The van der Waals surface area contributed by atoms with Gasteiger partial charge in [0.1, 0.15) is 4.60 Å². The Hall–Kier alpha value is -0.350. The lowest BCUT2D eigenvalue weighted by Crippen LogP contribution is -2.17. The van der Waals surface area contributed by atoms with E-state index in [1.54, 1.807) is 0 Å². The summed E-state index contributed by atoms with van der Waals surface area (Å²) in [6, 6.07) is 0. The fourth-order valence-electron chi connectivity index (χ4n) is 0.771. The van der Waals surface area contributed by atoms with Crippen molar-refractivity contribution in [3.8, 4) is 0 Å². The van der Waals surface area contributed by atoms with Gasteiger partial charge in [-0.15, -0.1) is 0 Å². The molecule has 0 spiro atoms. The smallest absolute Gasteiger partial charge is 0.124 e. The van der Waals surface area contributed by atoms with Crippen LogP contribution in [0.3, 0.4) is 0 Å². The molecular weight excluding hydrogens is 206 g/mol. The largest absolute Gasteiger partial charge is 0.335 e. The topological polar surface area (TPSA) is 21.1 Å². The molecule has 0 aliphatic heterocycles. The van der Waals surface area contributed by atoms with Crippen molar-refractivity contribution in [3.63, 3.8) is 0 Å². The number of likely N-dealkylation sites (N-methyl/N-ethyl adjacent to an activating group) is 1. The second-order valence-corrected chi connectivity index (χ2v) is 3.55. The second-order valence-electron chi connectivity index (χ2n) is 2.74. The molecule has 0 saturated heterocycles. The highest BCUT2D eigenvalue weighted by molar-refractivity contribution is 9.10. The van der Waals surface area contributed by atoms with Crippen LogP contribution >= 0.6 is 15.9 Å². The van der Waals surface area contributed by atoms with Crippen molar-refractivity contribution in [1.29, 1.82) is 0 Å². The average Bonchev–Trinajstić information content (AvgIpc) is 2.31. The van der Waals surface area contributed by atoms with Gasteiger partial charge in [-0.3, -0.25) is 0 Å². The summed E-state index contributed by atoms with van der Waals surface area (Å²) in [5, 5.41) is 0. The van der Waals surface area contributed by atoms with Crippen LogP contribution in [0, 0.1) is 0 Å². The second kappa shape index (κ2) is 3.88. The van der Waals surface area contributed by atoms with Crippen LogP contribution < -0.4 is 0 Å². The first-order valence-electron chi connectivity index (χ1n) is 3.50. The molecular formula is C7H12BrN3. The normalized spacial score (nSPS) is 10.9. The van der Waals surface area contributed by atoms with Gasteiger partial charge in [-0.2, -0.15) is 0 Å². The molecule has 0 saturated carbocycles. The Balaban J connectivity index is 2.39. The van der Waals surface area contributed by atoms with Crippen molar-refractivity contribution >= 4 is 15.9 Å². The van der Waals surface area contributed by atoms with Crippen LogP contribution in [0.5, 0.6) is 0 Å². The number of nitrogens with zero attached hydrogens (tertiary/aromatic N) is 3. The van der Waals surface area contributed by atoms with Crippen LogP contribution in [0.15, 0.2) is 17.1 Å². The maximum Gasteiger partial charge on any atom is 0.124 e. The molecule has 3 nitrogen and oxygen atoms in total. The van der Waals surface area contributed by atoms with E-state index < -0.39 is 0 Å². The Morgan fingerprint density at radius 2 is 2.36 bits per heavy atom. The summed E-state index contributed by atoms with van der Waals surface area (Å²) in [6.45, 7) is 2.04. The van der Waals surface area contributed by atoms with E-state index in [1.807, 2.05) is 12.5 Å². The summed E-state index contributed by atoms with van der Waals surface area (Å²) in [5.74, 6) is 0. The number of halogens is 1. The molecule has 0 fully saturated rings. The van der Waals surface area contributed by atoms with Gasteiger partial charge in [-0.05, 0) is 30.0 Å². The summed E-state index contributed by atoms with van der Waals surface area (Å²) in [7, 11) is 4.12. The lowest BCUT2D eigenvalue weighted by atomic mass is 10.6. The molecule has 1 rings (SSSR count). The van der Waals surface area contributed by atoms with Crippen LogP contribution in [-0.2, 0) is 6.54 Å². The van der Waals surface area contributed by atoms with Gasteiger partial charge in [0.15, 0.2) is 0 Å².